The topological polar surface area (TPSA) is 40.5 Å². The van der Waals surface area contributed by atoms with Gasteiger partial charge in [0.2, 0.25) is 5.91 Å². The van der Waals surface area contributed by atoms with E-state index in [0.717, 1.165) is 6.42 Å². The monoisotopic (exact) mass is 239 g/mol. The first-order valence-corrected chi connectivity index (χ1v) is 6.40. The Balaban J connectivity index is 1.98. The van der Waals surface area contributed by atoms with Crippen LogP contribution in [0.4, 0.5) is 0 Å². The number of likely N-dealkylation sites (tertiary alicyclic amines) is 1. The van der Waals surface area contributed by atoms with Crippen molar-refractivity contribution in [3.05, 3.63) is 21.9 Å². The molecule has 2 unspecified atom stereocenters. The minimum Gasteiger partial charge on any atom is -0.391 e. The van der Waals surface area contributed by atoms with Crippen molar-refractivity contribution in [3.63, 3.8) is 0 Å². The number of hydrogen-bond acceptors (Lipinski definition) is 3. The maximum atomic E-state index is 11.6. The molecule has 0 aromatic carbocycles. The number of carbonyl (C=O) groups is 1. The third-order valence-corrected chi connectivity index (χ3v) is 3.99. The summed E-state index contributed by atoms with van der Waals surface area (Å²) in [5.41, 5.74) is 0. The van der Waals surface area contributed by atoms with E-state index in [0.29, 0.717) is 6.54 Å². The molecule has 0 spiro atoms. The quantitative estimate of drug-likeness (QED) is 0.870. The van der Waals surface area contributed by atoms with E-state index in [2.05, 4.69) is 19.1 Å². The first-order chi connectivity index (χ1) is 7.56. The first kappa shape index (κ1) is 11.6. The van der Waals surface area contributed by atoms with E-state index in [9.17, 15) is 9.90 Å². The summed E-state index contributed by atoms with van der Waals surface area (Å²) in [6.45, 7) is 4.62. The molecule has 1 aromatic heterocycles. The summed E-state index contributed by atoms with van der Waals surface area (Å²) in [6, 6.07) is 4.41. The van der Waals surface area contributed by atoms with Gasteiger partial charge < -0.3 is 10.0 Å². The zero-order chi connectivity index (χ0) is 11.7. The van der Waals surface area contributed by atoms with Crippen molar-refractivity contribution in [2.75, 3.05) is 6.54 Å². The predicted octanol–water partition coefficient (Wildman–Crippen LogP) is 1.58. The average molecular weight is 239 g/mol. The number of aliphatic hydroxyl groups excluding tert-OH is 1. The molecule has 1 aromatic rings. The molecule has 0 saturated carbocycles. The lowest BCUT2D eigenvalue weighted by Crippen LogP contribution is -2.36. The number of aryl methyl sites for hydroxylation is 1. The Hall–Kier alpha value is -0.870. The van der Waals surface area contributed by atoms with E-state index in [4.69, 9.17) is 0 Å². The van der Waals surface area contributed by atoms with Gasteiger partial charge in [-0.3, -0.25) is 4.79 Å². The van der Waals surface area contributed by atoms with Gasteiger partial charge in [-0.2, -0.15) is 0 Å². The van der Waals surface area contributed by atoms with Crippen molar-refractivity contribution in [2.24, 2.45) is 0 Å². The molecule has 2 atom stereocenters. The van der Waals surface area contributed by atoms with Crippen LogP contribution in [0.3, 0.4) is 0 Å². The molecular weight excluding hydrogens is 222 g/mol. The van der Waals surface area contributed by atoms with Crippen LogP contribution in [0.5, 0.6) is 0 Å². The number of rotatable bonds is 3. The molecule has 4 heteroatoms. The Bertz CT molecular complexity index is 388. The number of nitrogens with zero attached hydrogens (tertiary/aromatic N) is 1. The van der Waals surface area contributed by atoms with Gasteiger partial charge in [0.15, 0.2) is 0 Å². The highest BCUT2D eigenvalue weighted by molar-refractivity contribution is 7.11. The van der Waals surface area contributed by atoms with Gasteiger partial charge in [0.05, 0.1) is 12.5 Å². The van der Waals surface area contributed by atoms with E-state index < -0.39 is 6.10 Å². The number of thiophene rings is 1. The fourth-order valence-electron chi connectivity index (χ4n) is 2.13. The largest absolute Gasteiger partial charge is 0.391 e. The lowest BCUT2D eigenvalue weighted by atomic mass is 10.2. The van der Waals surface area contributed by atoms with Crippen molar-refractivity contribution in [3.8, 4) is 0 Å². The SMILES string of the molecule is Cc1ccc(CC(C)N2CC(O)CC2=O)s1. The van der Waals surface area contributed by atoms with Gasteiger partial charge >= 0.3 is 0 Å². The summed E-state index contributed by atoms with van der Waals surface area (Å²) < 4.78 is 0. The summed E-state index contributed by atoms with van der Waals surface area (Å²) >= 11 is 1.78. The Labute approximate surface area is 99.7 Å². The van der Waals surface area contributed by atoms with E-state index in [1.54, 1.807) is 16.2 Å². The van der Waals surface area contributed by atoms with Gasteiger partial charge in [0.25, 0.3) is 0 Å². The number of carbonyl (C=O) groups excluding carboxylic acids is 1. The van der Waals surface area contributed by atoms with E-state index in [-0.39, 0.29) is 18.4 Å². The third kappa shape index (κ3) is 2.44. The van der Waals surface area contributed by atoms with Gasteiger partial charge in [-0.15, -0.1) is 11.3 Å². The highest BCUT2D eigenvalue weighted by Crippen LogP contribution is 2.21. The van der Waals surface area contributed by atoms with E-state index in [1.165, 1.54) is 9.75 Å². The fourth-order valence-corrected chi connectivity index (χ4v) is 3.14. The molecule has 3 nitrogen and oxygen atoms in total. The second-order valence-electron chi connectivity index (χ2n) is 4.47. The van der Waals surface area contributed by atoms with E-state index in [1.807, 2.05) is 6.92 Å². The van der Waals surface area contributed by atoms with Gasteiger partial charge in [0, 0.05) is 28.8 Å². The van der Waals surface area contributed by atoms with Gasteiger partial charge in [-0.25, -0.2) is 0 Å². The van der Waals surface area contributed by atoms with Crippen molar-refractivity contribution in [1.82, 2.24) is 4.90 Å². The molecular formula is C12H17NO2S. The van der Waals surface area contributed by atoms with Crippen LogP contribution in [0.25, 0.3) is 0 Å². The molecule has 2 heterocycles. The van der Waals surface area contributed by atoms with Crippen LogP contribution in [0.15, 0.2) is 12.1 Å². The number of aliphatic hydroxyl groups is 1. The molecule has 1 fully saturated rings. The number of amides is 1. The highest BCUT2D eigenvalue weighted by Gasteiger charge is 2.31. The smallest absolute Gasteiger partial charge is 0.225 e. The molecule has 1 aliphatic heterocycles. The van der Waals surface area contributed by atoms with Crippen LogP contribution in [-0.4, -0.2) is 34.6 Å². The number of hydrogen-bond donors (Lipinski definition) is 1. The minimum atomic E-state index is -0.472. The molecule has 1 aliphatic rings. The Morgan fingerprint density at radius 1 is 1.62 bits per heavy atom. The molecule has 2 rings (SSSR count). The van der Waals surface area contributed by atoms with Crippen LogP contribution in [0.2, 0.25) is 0 Å². The van der Waals surface area contributed by atoms with Crippen LogP contribution in [0.1, 0.15) is 23.1 Å². The third-order valence-electron chi connectivity index (χ3n) is 2.96. The maximum absolute atomic E-state index is 11.6. The Kier molecular flexibility index (Phi) is 3.30. The standard InChI is InChI=1S/C12H17NO2S/c1-8(5-11-4-3-9(2)16-11)13-7-10(14)6-12(13)15/h3-4,8,10,14H,5-7H2,1-2H3. The van der Waals surface area contributed by atoms with Crippen molar-refractivity contribution in [1.29, 1.82) is 0 Å². The maximum Gasteiger partial charge on any atom is 0.225 e. The Morgan fingerprint density at radius 3 is 2.88 bits per heavy atom. The predicted molar refractivity (Wildman–Crippen MR) is 64.6 cm³/mol. The highest BCUT2D eigenvalue weighted by atomic mass is 32.1. The van der Waals surface area contributed by atoms with Crippen molar-refractivity contribution >= 4 is 17.2 Å². The van der Waals surface area contributed by atoms with Gasteiger partial charge in [-0.05, 0) is 26.0 Å². The van der Waals surface area contributed by atoms with Crippen LogP contribution in [0, 0.1) is 6.92 Å². The van der Waals surface area contributed by atoms with Gasteiger partial charge in [0.1, 0.15) is 0 Å². The summed E-state index contributed by atoms with van der Waals surface area (Å²) in [5.74, 6) is 0.0771. The van der Waals surface area contributed by atoms with E-state index >= 15 is 0 Å². The van der Waals surface area contributed by atoms with Crippen molar-refractivity contribution < 1.29 is 9.90 Å². The minimum absolute atomic E-state index is 0.0771. The zero-order valence-electron chi connectivity index (χ0n) is 9.64. The van der Waals surface area contributed by atoms with Crippen LogP contribution >= 0.6 is 11.3 Å². The molecule has 0 radical (unpaired) electrons. The lowest BCUT2D eigenvalue weighted by molar-refractivity contribution is -0.129. The Morgan fingerprint density at radius 2 is 2.38 bits per heavy atom. The number of β-amino-alcohol motifs (C(OH)–C–C–N with tert-alkyl or cyclic N) is 1. The first-order valence-electron chi connectivity index (χ1n) is 5.59. The summed E-state index contributed by atoms with van der Waals surface area (Å²) in [7, 11) is 0. The summed E-state index contributed by atoms with van der Waals surface area (Å²) in [6.07, 6.45) is 0.699. The van der Waals surface area contributed by atoms with Gasteiger partial charge in [-0.1, -0.05) is 0 Å². The van der Waals surface area contributed by atoms with Crippen LogP contribution in [-0.2, 0) is 11.2 Å². The molecule has 16 heavy (non-hydrogen) atoms. The second kappa shape index (κ2) is 4.55. The summed E-state index contributed by atoms with van der Waals surface area (Å²) in [4.78, 5) is 16.0. The fraction of sp³-hybridized carbons (Fsp3) is 0.583. The average Bonchev–Trinajstić information content (AvgIpc) is 2.73. The normalized spacial score (nSPS) is 22.8. The second-order valence-corrected chi connectivity index (χ2v) is 5.84. The lowest BCUT2D eigenvalue weighted by Gasteiger charge is -2.23. The zero-order valence-corrected chi connectivity index (χ0v) is 10.5. The molecule has 88 valence electrons. The summed E-state index contributed by atoms with van der Waals surface area (Å²) in [5, 5.41) is 9.43. The molecule has 0 aliphatic carbocycles. The molecule has 1 amide bonds. The van der Waals surface area contributed by atoms with Crippen molar-refractivity contribution in [2.45, 2.75) is 38.8 Å². The molecule has 1 saturated heterocycles. The van der Waals surface area contributed by atoms with Crippen LogP contribution < -0.4 is 0 Å². The molecule has 0 bridgehead atoms. The molecule has 1 N–H and O–H groups in total.